The topological polar surface area (TPSA) is 88.4 Å². The first-order chi connectivity index (χ1) is 14.0. The van der Waals surface area contributed by atoms with Crippen LogP contribution >= 0.6 is 11.3 Å². The first-order valence-corrected chi connectivity index (χ1v) is 9.29. The lowest BCUT2D eigenvalue weighted by Gasteiger charge is -2.11. The van der Waals surface area contributed by atoms with Gasteiger partial charge in [0.1, 0.15) is 22.3 Å². The second-order valence-electron chi connectivity index (χ2n) is 5.95. The fourth-order valence-corrected chi connectivity index (χ4v) is 3.28. The van der Waals surface area contributed by atoms with Crippen molar-refractivity contribution in [3.63, 3.8) is 0 Å². The quantitative estimate of drug-likeness (QED) is 0.526. The number of rotatable bonds is 5. The summed E-state index contributed by atoms with van der Waals surface area (Å²) in [6.07, 6.45) is 6.48. The highest BCUT2D eigenvalue weighted by Gasteiger charge is 2.19. The third-order valence-corrected chi connectivity index (χ3v) is 4.88. The Kier molecular flexibility index (Phi) is 5.00. The molecule has 3 aromatic heterocycles. The number of nitrogens with one attached hydrogen (secondary N) is 2. The van der Waals surface area contributed by atoms with Crippen LogP contribution in [0.2, 0.25) is 0 Å². The van der Waals surface area contributed by atoms with E-state index in [9.17, 15) is 18.4 Å². The molecule has 2 amide bonds. The lowest BCUT2D eigenvalue weighted by Crippen LogP contribution is -2.24. The van der Waals surface area contributed by atoms with Gasteiger partial charge in [-0.1, -0.05) is 0 Å². The van der Waals surface area contributed by atoms with Gasteiger partial charge in [-0.2, -0.15) is 0 Å². The van der Waals surface area contributed by atoms with E-state index in [4.69, 9.17) is 0 Å². The summed E-state index contributed by atoms with van der Waals surface area (Å²) in [4.78, 5) is 33.0. The van der Waals surface area contributed by atoms with Gasteiger partial charge in [0.05, 0.1) is 23.4 Å². The third kappa shape index (κ3) is 3.83. The Morgan fingerprint density at radius 3 is 2.69 bits per heavy atom. The molecule has 0 radical (unpaired) electrons. The Bertz CT molecular complexity index is 1210. The monoisotopic (exact) mass is 413 g/mol. The van der Waals surface area contributed by atoms with Gasteiger partial charge >= 0.3 is 0 Å². The lowest BCUT2D eigenvalue weighted by molar-refractivity contribution is 0.0945. The maximum Gasteiger partial charge on any atom is 0.259 e. The van der Waals surface area contributed by atoms with E-state index in [-0.39, 0.29) is 17.8 Å². The Labute approximate surface area is 167 Å². The van der Waals surface area contributed by atoms with Crippen molar-refractivity contribution in [2.45, 2.75) is 6.54 Å². The number of nitrogens with zero attached hydrogens (tertiary/aromatic N) is 3. The van der Waals surface area contributed by atoms with Gasteiger partial charge in [-0.3, -0.25) is 9.59 Å². The van der Waals surface area contributed by atoms with Crippen molar-refractivity contribution in [3.05, 3.63) is 82.2 Å². The van der Waals surface area contributed by atoms with E-state index in [2.05, 4.69) is 20.6 Å². The minimum absolute atomic E-state index is 0.108. The largest absolute Gasteiger partial charge is 0.345 e. The Hall–Kier alpha value is -3.66. The van der Waals surface area contributed by atoms with Crippen LogP contribution in [0.15, 0.2) is 54.4 Å². The predicted octanol–water partition coefficient (Wildman–Crippen LogP) is 3.25. The first kappa shape index (κ1) is 18.7. The van der Waals surface area contributed by atoms with Crippen molar-refractivity contribution < 1.29 is 18.4 Å². The third-order valence-electron chi connectivity index (χ3n) is 4.10. The molecule has 0 unspecified atom stereocenters. The molecule has 3 heterocycles. The minimum atomic E-state index is -1.03. The number of carbonyl (C=O) groups is 2. The highest BCUT2D eigenvalue weighted by atomic mass is 32.1. The van der Waals surface area contributed by atoms with Gasteiger partial charge in [-0.15, -0.1) is 11.3 Å². The summed E-state index contributed by atoms with van der Waals surface area (Å²) in [7, 11) is 0. The van der Waals surface area contributed by atoms with E-state index >= 15 is 0 Å². The SMILES string of the molecule is O=C(NCc1nccs1)c1cc(NC(=O)c2cccn3ccnc23)c(F)cc1F. The predicted molar refractivity (Wildman–Crippen MR) is 103 cm³/mol. The van der Waals surface area contributed by atoms with Crippen LogP contribution in [-0.2, 0) is 6.54 Å². The molecular formula is C19H13F2N5O2S. The molecule has 0 fully saturated rings. The molecule has 0 bridgehead atoms. The number of halogens is 2. The summed E-state index contributed by atoms with van der Waals surface area (Å²) in [6, 6.07) is 4.69. The maximum absolute atomic E-state index is 14.2. The van der Waals surface area contributed by atoms with Gasteiger partial charge in [0.25, 0.3) is 11.8 Å². The number of imidazole rings is 1. The molecule has 29 heavy (non-hydrogen) atoms. The zero-order valence-electron chi connectivity index (χ0n) is 14.7. The molecule has 10 heteroatoms. The smallest absolute Gasteiger partial charge is 0.259 e. The molecular weight excluding hydrogens is 400 g/mol. The molecule has 0 atom stereocenters. The molecule has 1 aromatic carbocycles. The number of hydrogen-bond donors (Lipinski definition) is 2. The number of thiazole rings is 1. The van der Waals surface area contributed by atoms with Crippen LogP contribution in [0.5, 0.6) is 0 Å². The number of aromatic nitrogens is 3. The zero-order valence-corrected chi connectivity index (χ0v) is 15.5. The van der Waals surface area contributed by atoms with Crippen molar-refractivity contribution in [3.8, 4) is 0 Å². The molecule has 7 nitrogen and oxygen atoms in total. The number of carbonyl (C=O) groups excluding carboxylic acids is 2. The van der Waals surface area contributed by atoms with Gasteiger partial charge in [0.15, 0.2) is 0 Å². The molecule has 0 aliphatic rings. The van der Waals surface area contributed by atoms with Crippen molar-refractivity contribution in [1.82, 2.24) is 19.7 Å². The molecule has 4 aromatic rings. The van der Waals surface area contributed by atoms with Crippen LogP contribution in [0.3, 0.4) is 0 Å². The number of anilines is 1. The van der Waals surface area contributed by atoms with Crippen LogP contribution in [0.4, 0.5) is 14.5 Å². The lowest BCUT2D eigenvalue weighted by atomic mass is 10.1. The van der Waals surface area contributed by atoms with Gasteiger partial charge in [0, 0.05) is 36.2 Å². The van der Waals surface area contributed by atoms with Gasteiger partial charge in [-0.25, -0.2) is 18.7 Å². The van der Waals surface area contributed by atoms with Crippen LogP contribution < -0.4 is 10.6 Å². The van der Waals surface area contributed by atoms with Crippen molar-refractivity contribution in [2.75, 3.05) is 5.32 Å². The first-order valence-electron chi connectivity index (χ1n) is 8.41. The molecule has 0 saturated heterocycles. The summed E-state index contributed by atoms with van der Waals surface area (Å²) in [6.45, 7) is 0.108. The summed E-state index contributed by atoms with van der Waals surface area (Å²) in [5.74, 6) is -3.42. The molecule has 4 rings (SSSR count). The fraction of sp³-hybridized carbons (Fsp3) is 0.0526. The van der Waals surface area contributed by atoms with E-state index in [0.29, 0.717) is 16.7 Å². The number of benzene rings is 1. The van der Waals surface area contributed by atoms with Crippen molar-refractivity contribution >= 4 is 34.5 Å². The zero-order chi connectivity index (χ0) is 20.4. The molecule has 0 spiro atoms. The Morgan fingerprint density at radius 1 is 1.03 bits per heavy atom. The minimum Gasteiger partial charge on any atom is -0.345 e. The standard InChI is InChI=1S/C19H13F2N5O2S/c20-13-9-14(21)15(8-12(13)18(27)24-10-16-22-4-7-29-16)25-19(28)11-2-1-5-26-6-3-23-17(11)26/h1-9H,10H2,(H,24,27)(H,25,28). The number of amides is 2. The fourth-order valence-electron chi connectivity index (χ4n) is 2.73. The maximum atomic E-state index is 14.2. The normalized spacial score (nSPS) is 10.8. The molecule has 2 N–H and O–H groups in total. The average Bonchev–Trinajstić information content (AvgIpc) is 3.39. The van der Waals surface area contributed by atoms with E-state index in [1.807, 2.05) is 0 Å². The molecule has 0 aliphatic heterocycles. The van der Waals surface area contributed by atoms with Crippen LogP contribution in [0.25, 0.3) is 5.65 Å². The molecule has 0 aliphatic carbocycles. The highest BCUT2D eigenvalue weighted by Crippen LogP contribution is 2.21. The highest BCUT2D eigenvalue weighted by molar-refractivity contribution is 7.09. The number of fused-ring (bicyclic) bond motifs is 1. The summed E-state index contributed by atoms with van der Waals surface area (Å²) < 4.78 is 30.0. The van der Waals surface area contributed by atoms with Crippen molar-refractivity contribution in [2.24, 2.45) is 0 Å². The van der Waals surface area contributed by atoms with Crippen LogP contribution in [-0.4, -0.2) is 26.2 Å². The van der Waals surface area contributed by atoms with E-state index in [0.717, 1.165) is 6.07 Å². The summed E-state index contributed by atoms with van der Waals surface area (Å²) in [5, 5.41) is 7.28. The summed E-state index contributed by atoms with van der Waals surface area (Å²) in [5.41, 5.74) is -0.119. The van der Waals surface area contributed by atoms with Crippen molar-refractivity contribution in [1.29, 1.82) is 0 Å². The van der Waals surface area contributed by atoms with E-state index in [1.54, 1.807) is 34.4 Å². The molecule has 146 valence electrons. The average molecular weight is 413 g/mol. The molecule has 0 saturated carbocycles. The van der Waals surface area contributed by atoms with E-state index in [1.165, 1.54) is 23.6 Å². The second-order valence-corrected chi connectivity index (χ2v) is 6.93. The van der Waals surface area contributed by atoms with Gasteiger partial charge in [0.2, 0.25) is 0 Å². The van der Waals surface area contributed by atoms with Gasteiger partial charge < -0.3 is 15.0 Å². The van der Waals surface area contributed by atoms with Crippen LogP contribution in [0.1, 0.15) is 25.7 Å². The van der Waals surface area contributed by atoms with Crippen LogP contribution in [0, 0.1) is 11.6 Å². The number of hydrogen-bond acceptors (Lipinski definition) is 5. The Morgan fingerprint density at radius 2 is 1.90 bits per heavy atom. The van der Waals surface area contributed by atoms with E-state index < -0.39 is 29.0 Å². The number of pyridine rings is 1. The second kappa shape index (κ2) is 7.76. The Balaban J connectivity index is 1.57. The van der Waals surface area contributed by atoms with Gasteiger partial charge in [-0.05, 0) is 18.2 Å². The summed E-state index contributed by atoms with van der Waals surface area (Å²) >= 11 is 1.33.